The van der Waals surface area contributed by atoms with E-state index in [-0.39, 0.29) is 9.68 Å². The van der Waals surface area contributed by atoms with E-state index < -0.39 is 0 Å². The summed E-state index contributed by atoms with van der Waals surface area (Å²) < 4.78 is 0. The molecule has 0 aliphatic rings. The minimum atomic E-state index is -0.183. The Kier molecular flexibility index (Phi) is 5.43. The normalized spacial score (nSPS) is 15.4. The number of hydrogen-bond acceptors (Lipinski definition) is 1. The molecule has 0 saturated heterocycles. The fraction of sp³-hybridized carbons (Fsp3) is 1.00. The molecule has 2 N–H and O–H groups in total. The van der Waals surface area contributed by atoms with E-state index in [9.17, 15) is 0 Å². The van der Waals surface area contributed by atoms with Crippen LogP contribution in [0.3, 0.4) is 0 Å². The van der Waals surface area contributed by atoms with Gasteiger partial charge in [0, 0.05) is 0 Å². The monoisotopic (exact) mass is 131 g/mol. The van der Waals surface area contributed by atoms with Gasteiger partial charge in [-0.2, -0.15) is 0 Å². The lowest BCUT2D eigenvalue weighted by atomic mass is 10.2. The van der Waals surface area contributed by atoms with Crippen LogP contribution in [0.2, 0.25) is 5.54 Å². The summed E-state index contributed by atoms with van der Waals surface area (Å²) in [6.45, 7) is 4.47. The molecule has 0 aliphatic carbocycles. The van der Waals surface area contributed by atoms with E-state index in [4.69, 9.17) is 5.40 Å². The van der Waals surface area contributed by atoms with E-state index in [1.807, 2.05) is 0 Å². The second kappa shape index (κ2) is 5.32. The Bertz CT molecular complexity index is 43.8. The Labute approximate surface area is 54.6 Å². The number of nitrogens with two attached hydrogens (primary N) is 1. The molecule has 0 spiro atoms. The van der Waals surface area contributed by atoms with Crippen LogP contribution in [0.15, 0.2) is 0 Å². The molecule has 0 saturated carbocycles. The SMILES string of the molecule is CCCC(CC)[SiH2]N. The van der Waals surface area contributed by atoms with Gasteiger partial charge in [-0.1, -0.05) is 33.1 Å². The number of rotatable bonds is 4. The smallest absolute Gasteiger partial charge is 0.0919 e. The summed E-state index contributed by atoms with van der Waals surface area (Å²) in [6, 6.07) is 0. The predicted molar refractivity (Wildman–Crippen MR) is 41.7 cm³/mol. The summed E-state index contributed by atoms with van der Waals surface area (Å²) in [7, 11) is -0.183. The molecule has 0 aromatic carbocycles. The largest absolute Gasteiger partial charge is 0.355 e. The summed E-state index contributed by atoms with van der Waals surface area (Å²) >= 11 is 0. The fourth-order valence-corrected chi connectivity index (χ4v) is 1.87. The highest BCUT2D eigenvalue weighted by molar-refractivity contribution is 6.33. The van der Waals surface area contributed by atoms with E-state index in [1.165, 1.54) is 19.3 Å². The van der Waals surface area contributed by atoms with Gasteiger partial charge in [0.15, 0.2) is 0 Å². The minimum Gasteiger partial charge on any atom is -0.355 e. The topological polar surface area (TPSA) is 26.0 Å². The second-order valence-electron chi connectivity index (χ2n) is 2.30. The van der Waals surface area contributed by atoms with Crippen LogP contribution in [0.25, 0.3) is 0 Å². The summed E-state index contributed by atoms with van der Waals surface area (Å²) in [5.41, 5.74) is 0.917. The first kappa shape index (κ1) is 8.18. The first-order valence-electron chi connectivity index (χ1n) is 3.55. The van der Waals surface area contributed by atoms with Gasteiger partial charge in [-0.15, -0.1) is 0 Å². The molecule has 0 amide bonds. The Balaban J connectivity index is 3.07. The van der Waals surface area contributed by atoms with E-state index in [2.05, 4.69) is 13.8 Å². The quantitative estimate of drug-likeness (QED) is 0.567. The molecule has 0 bridgehead atoms. The Morgan fingerprint density at radius 1 is 1.50 bits per heavy atom. The van der Waals surface area contributed by atoms with Crippen molar-refractivity contribution in [3.05, 3.63) is 0 Å². The summed E-state index contributed by atoms with van der Waals surface area (Å²) in [5.74, 6) is 0. The van der Waals surface area contributed by atoms with Crippen molar-refractivity contribution in [3.63, 3.8) is 0 Å². The van der Waals surface area contributed by atoms with Crippen molar-refractivity contribution >= 4 is 9.68 Å². The minimum absolute atomic E-state index is 0.183. The van der Waals surface area contributed by atoms with Crippen LogP contribution in [0.1, 0.15) is 33.1 Å². The zero-order chi connectivity index (χ0) is 6.41. The lowest BCUT2D eigenvalue weighted by Crippen LogP contribution is -2.12. The second-order valence-corrected chi connectivity index (χ2v) is 3.92. The van der Waals surface area contributed by atoms with E-state index >= 15 is 0 Å². The molecule has 0 aromatic rings. The molecule has 0 aromatic heterocycles. The maximum Gasteiger partial charge on any atom is 0.0919 e. The van der Waals surface area contributed by atoms with Crippen molar-refractivity contribution in [2.75, 3.05) is 0 Å². The van der Waals surface area contributed by atoms with Crippen LogP contribution in [0.4, 0.5) is 0 Å². The van der Waals surface area contributed by atoms with Gasteiger partial charge >= 0.3 is 0 Å². The zero-order valence-electron chi connectivity index (χ0n) is 5.98. The Morgan fingerprint density at radius 2 is 2.12 bits per heavy atom. The summed E-state index contributed by atoms with van der Waals surface area (Å²) in [5, 5.41) is 5.61. The van der Waals surface area contributed by atoms with Crippen LogP contribution < -0.4 is 5.40 Å². The van der Waals surface area contributed by atoms with Crippen molar-refractivity contribution in [2.24, 2.45) is 5.40 Å². The molecular weight excluding hydrogens is 114 g/mol. The molecule has 0 fully saturated rings. The van der Waals surface area contributed by atoms with Crippen LogP contribution >= 0.6 is 0 Å². The lowest BCUT2D eigenvalue weighted by molar-refractivity contribution is 0.692. The molecule has 8 heavy (non-hydrogen) atoms. The molecule has 50 valence electrons. The van der Waals surface area contributed by atoms with Crippen molar-refractivity contribution in [3.8, 4) is 0 Å². The lowest BCUT2D eigenvalue weighted by Gasteiger charge is -2.07. The van der Waals surface area contributed by atoms with Crippen molar-refractivity contribution in [1.82, 2.24) is 0 Å². The van der Waals surface area contributed by atoms with E-state index in [1.54, 1.807) is 0 Å². The standard InChI is InChI=1S/C6H17NSi/c1-3-5-6(4-2)8-7/h6H,3-5,7-8H2,1-2H3. The summed E-state index contributed by atoms with van der Waals surface area (Å²) in [6.07, 6.45) is 3.97. The van der Waals surface area contributed by atoms with Crippen LogP contribution in [0.5, 0.6) is 0 Å². The fourth-order valence-electron chi connectivity index (χ4n) is 0.897. The molecule has 0 rings (SSSR count). The van der Waals surface area contributed by atoms with Gasteiger partial charge in [-0.3, -0.25) is 0 Å². The van der Waals surface area contributed by atoms with Gasteiger partial charge in [0.05, 0.1) is 9.68 Å². The van der Waals surface area contributed by atoms with E-state index in [0.717, 1.165) is 5.54 Å². The third-order valence-electron chi connectivity index (χ3n) is 1.61. The predicted octanol–water partition coefficient (Wildman–Crippen LogP) is 1.03. The van der Waals surface area contributed by atoms with Crippen molar-refractivity contribution < 1.29 is 0 Å². The van der Waals surface area contributed by atoms with Gasteiger partial charge < -0.3 is 5.40 Å². The molecule has 1 nitrogen and oxygen atoms in total. The molecular formula is C6H17NSi. The Hall–Kier alpha value is 0.177. The third kappa shape index (κ3) is 3.21. The molecule has 1 unspecified atom stereocenters. The van der Waals surface area contributed by atoms with Crippen LogP contribution in [-0.4, -0.2) is 9.68 Å². The molecule has 2 heteroatoms. The first-order valence-corrected chi connectivity index (χ1v) is 5.18. The molecule has 0 aliphatic heterocycles. The highest BCUT2D eigenvalue weighted by Crippen LogP contribution is 2.13. The maximum atomic E-state index is 5.61. The molecule has 1 atom stereocenters. The molecule has 0 radical (unpaired) electrons. The van der Waals surface area contributed by atoms with Gasteiger partial charge in [0.1, 0.15) is 0 Å². The Morgan fingerprint density at radius 3 is 2.25 bits per heavy atom. The molecule has 0 heterocycles. The number of hydrogen-bond donors (Lipinski definition) is 1. The van der Waals surface area contributed by atoms with Gasteiger partial charge in [0.2, 0.25) is 0 Å². The van der Waals surface area contributed by atoms with Gasteiger partial charge in [0.25, 0.3) is 0 Å². The van der Waals surface area contributed by atoms with Crippen LogP contribution in [-0.2, 0) is 0 Å². The third-order valence-corrected chi connectivity index (χ3v) is 3.26. The zero-order valence-corrected chi connectivity index (χ0v) is 7.40. The van der Waals surface area contributed by atoms with Crippen LogP contribution in [0, 0.1) is 0 Å². The summed E-state index contributed by atoms with van der Waals surface area (Å²) in [4.78, 5) is 0. The van der Waals surface area contributed by atoms with Crippen molar-refractivity contribution in [1.29, 1.82) is 0 Å². The first-order chi connectivity index (χ1) is 3.85. The van der Waals surface area contributed by atoms with Gasteiger partial charge in [-0.05, 0) is 5.54 Å². The van der Waals surface area contributed by atoms with Gasteiger partial charge in [-0.25, -0.2) is 0 Å². The highest BCUT2D eigenvalue weighted by Gasteiger charge is 2.00. The average Bonchev–Trinajstić information content (AvgIpc) is 1.83. The van der Waals surface area contributed by atoms with E-state index in [0.29, 0.717) is 0 Å². The average molecular weight is 131 g/mol. The van der Waals surface area contributed by atoms with Crippen molar-refractivity contribution in [2.45, 2.75) is 38.7 Å². The maximum absolute atomic E-state index is 5.61. The highest BCUT2D eigenvalue weighted by atomic mass is 28.2.